The molecule has 1 saturated heterocycles. The van der Waals surface area contributed by atoms with Crippen LogP contribution in [-0.4, -0.2) is 99.9 Å². The van der Waals surface area contributed by atoms with E-state index in [-0.39, 0.29) is 87.1 Å². The molecule has 0 radical (unpaired) electrons. The molecule has 14 nitrogen and oxygen atoms in total. The van der Waals surface area contributed by atoms with Gasteiger partial charge in [-0.3, -0.25) is 19.7 Å². The fraction of sp³-hybridized carbons (Fsp3) is 0.486. The van der Waals surface area contributed by atoms with Crippen molar-refractivity contribution in [2.75, 3.05) is 26.2 Å². The average Bonchev–Trinajstić information content (AvgIpc) is 3.32. The van der Waals surface area contributed by atoms with Crippen LogP contribution in [0, 0.1) is 0 Å². The minimum Gasteiger partial charge on any atom is -0.475 e. The van der Waals surface area contributed by atoms with Gasteiger partial charge >= 0.3 is 55.0 Å². The van der Waals surface area contributed by atoms with Gasteiger partial charge in [-0.05, 0) is 73.2 Å². The van der Waals surface area contributed by atoms with E-state index in [4.69, 9.17) is 42.7 Å². The average molecular weight is 1010 g/mol. The summed E-state index contributed by atoms with van der Waals surface area (Å²) in [5, 5.41) is 14.2. The summed E-state index contributed by atoms with van der Waals surface area (Å²) in [4.78, 5) is 54.9. The number of amides is 3. The van der Waals surface area contributed by atoms with E-state index >= 15 is 0 Å². The van der Waals surface area contributed by atoms with Crippen molar-refractivity contribution in [2.45, 2.75) is 81.1 Å². The fourth-order valence-electron chi connectivity index (χ4n) is 5.79. The monoisotopic (exact) mass is 1010 g/mol. The summed E-state index contributed by atoms with van der Waals surface area (Å²) >= 11 is 0. The molecule has 32 heteroatoms. The maximum absolute atomic E-state index is 14.4. The maximum Gasteiger partial charge on any atom is 0.490 e. The zero-order valence-electron chi connectivity index (χ0n) is 33.5. The molecular formula is C35H36F18N8O6. The number of nitrogens with zero attached hydrogens (tertiary/aromatic N) is 4. The van der Waals surface area contributed by atoms with Gasteiger partial charge in [0.2, 0.25) is 0 Å². The molecule has 67 heavy (non-hydrogen) atoms. The first-order valence-corrected chi connectivity index (χ1v) is 18.1. The third-order valence-electron chi connectivity index (χ3n) is 8.56. The first-order chi connectivity index (χ1) is 30.1. The molecule has 2 aromatic carbocycles. The van der Waals surface area contributed by atoms with E-state index in [1.807, 2.05) is 0 Å². The van der Waals surface area contributed by atoms with E-state index in [0.717, 1.165) is 4.90 Å². The van der Waals surface area contributed by atoms with E-state index < -0.39 is 126 Å². The number of rotatable bonds is 14. The van der Waals surface area contributed by atoms with Crippen LogP contribution >= 0.6 is 0 Å². The zero-order valence-corrected chi connectivity index (χ0v) is 33.5. The quantitative estimate of drug-likeness (QED) is 0.0375. The van der Waals surface area contributed by atoms with Gasteiger partial charge in [-0.15, -0.1) is 0 Å². The Morgan fingerprint density at radius 2 is 0.791 bits per heavy atom. The Kier molecular flexibility index (Phi) is 19.6. The molecule has 0 saturated carbocycles. The van der Waals surface area contributed by atoms with Crippen molar-refractivity contribution in [3.63, 3.8) is 0 Å². The molecule has 378 valence electrons. The molecule has 2 aromatic rings. The van der Waals surface area contributed by atoms with Gasteiger partial charge in [-0.1, -0.05) is 0 Å². The molecule has 1 fully saturated rings. The van der Waals surface area contributed by atoms with Gasteiger partial charge < -0.3 is 38.0 Å². The first kappa shape index (κ1) is 58.6. The summed E-state index contributed by atoms with van der Waals surface area (Å²) in [5.74, 6) is -7.41. The molecular weight excluding hydrogens is 970 g/mol. The molecule has 3 rings (SSSR count). The molecule has 0 bridgehead atoms. The number of carbonyl (C=O) groups excluding carboxylic acids is 2. The summed E-state index contributed by atoms with van der Waals surface area (Å²) in [6.07, 6.45) is -33.9. The number of carbonyl (C=O) groups is 4. The van der Waals surface area contributed by atoms with Crippen LogP contribution in [0.3, 0.4) is 0 Å². The summed E-state index contributed by atoms with van der Waals surface area (Å²) in [6.45, 7) is -0.972. The van der Waals surface area contributed by atoms with Crippen LogP contribution in [0.2, 0.25) is 0 Å². The van der Waals surface area contributed by atoms with Gasteiger partial charge in [-0.25, -0.2) is 14.4 Å². The van der Waals surface area contributed by atoms with Crippen molar-refractivity contribution in [2.24, 2.45) is 32.9 Å². The third kappa shape index (κ3) is 18.4. The molecule has 3 amide bonds. The molecule has 0 aromatic heterocycles. The number of alkyl halides is 18. The van der Waals surface area contributed by atoms with Crippen molar-refractivity contribution in [3.8, 4) is 0 Å². The van der Waals surface area contributed by atoms with Crippen molar-refractivity contribution in [3.05, 3.63) is 69.8 Å². The number of hydrogen-bond acceptors (Lipinski definition) is 6. The van der Waals surface area contributed by atoms with Gasteiger partial charge in [0.05, 0.1) is 22.3 Å². The SMILES string of the molecule is NC(N)=NCCCCN1C(=O)N(CCCCN=C(N)N)C(Cc2cc(C(F)(F)F)cc(C(F)(F)F)c2)(Cc2cc(C(F)(F)F)cc(C(F)(F)F)c2)C1=O.O=C(O)C(F)(F)F.O=C(O)C(F)(F)F. The predicted octanol–water partition coefficient (Wildman–Crippen LogP) is 6.92. The number of aliphatic imine (C=N–C) groups is 2. The summed E-state index contributed by atoms with van der Waals surface area (Å²) in [5.41, 5.74) is 9.59. The van der Waals surface area contributed by atoms with Crippen molar-refractivity contribution >= 4 is 35.8 Å². The highest BCUT2D eigenvalue weighted by Gasteiger charge is 2.57. The number of imide groups is 1. The number of carboxylic acid groups (broad SMARTS) is 2. The van der Waals surface area contributed by atoms with E-state index in [1.165, 1.54) is 0 Å². The van der Waals surface area contributed by atoms with Crippen LogP contribution in [0.4, 0.5) is 83.8 Å². The summed E-state index contributed by atoms with van der Waals surface area (Å²) in [7, 11) is 0. The van der Waals surface area contributed by atoms with Gasteiger partial charge in [0.1, 0.15) is 5.54 Å². The van der Waals surface area contributed by atoms with Crippen LogP contribution in [-0.2, 0) is 51.9 Å². The summed E-state index contributed by atoms with van der Waals surface area (Å²) in [6, 6.07) is -0.513. The minimum absolute atomic E-state index is 0.00705. The van der Waals surface area contributed by atoms with Gasteiger partial charge in [0, 0.05) is 39.0 Å². The number of aliphatic carboxylic acids is 2. The van der Waals surface area contributed by atoms with Crippen LogP contribution in [0.1, 0.15) is 59.1 Å². The molecule has 0 spiro atoms. The number of nitrogens with two attached hydrogens (primary N) is 4. The lowest BCUT2D eigenvalue weighted by atomic mass is 9.81. The highest BCUT2D eigenvalue weighted by atomic mass is 19.4. The smallest absolute Gasteiger partial charge is 0.475 e. The van der Waals surface area contributed by atoms with E-state index in [9.17, 15) is 88.6 Å². The number of urea groups is 1. The maximum atomic E-state index is 14.4. The number of guanidine groups is 2. The second-order valence-electron chi connectivity index (χ2n) is 13.7. The van der Waals surface area contributed by atoms with E-state index in [1.54, 1.807) is 0 Å². The molecule has 0 atom stereocenters. The zero-order chi connectivity index (χ0) is 52.3. The molecule has 1 aliphatic heterocycles. The Labute approximate surface area is 364 Å². The predicted molar refractivity (Wildman–Crippen MR) is 194 cm³/mol. The van der Waals surface area contributed by atoms with E-state index in [0.29, 0.717) is 4.90 Å². The Balaban J connectivity index is 0.00000138. The lowest BCUT2D eigenvalue weighted by molar-refractivity contribution is -0.193. The Morgan fingerprint density at radius 3 is 1.04 bits per heavy atom. The molecule has 1 heterocycles. The first-order valence-electron chi connectivity index (χ1n) is 18.1. The number of halogens is 18. The van der Waals surface area contributed by atoms with Crippen LogP contribution in [0.5, 0.6) is 0 Å². The topological polar surface area (TPSA) is 244 Å². The number of hydrogen-bond donors (Lipinski definition) is 6. The van der Waals surface area contributed by atoms with Gasteiger partial charge in [0.25, 0.3) is 5.91 Å². The lowest BCUT2D eigenvalue weighted by Crippen LogP contribution is -2.53. The molecule has 0 aliphatic carbocycles. The number of unbranched alkanes of at least 4 members (excludes halogenated alkanes) is 2. The second-order valence-corrected chi connectivity index (χ2v) is 13.7. The van der Waals surface area contributed by atoms with Crippen molar-refractivity contribution < 1.29 is 108 Å². The normalized spacial score (nSPS) is 14.4. The van der Waals surface area contributed by atoms with Gasteiger partial charge in [0.15, 0.2) is 11.9 Å². The van der Waals surface area contributed by atoms with Crippen LogP contribution in [0.25, 0.3) is 0 Å². The van der Waals surface area contributed by atoms with Crippen molar-refractivity contribution in [1.29, 1.82) is 0 Å². The van der Waals surface area contributed by atoms with Gasteiger partial charge in [-0.2, -0.15) is 79.0 Å². The third-order valence-corrected chi connectivity index (χ3v) is 8.56. The fourth-order valence-corrected chi connectivity index (χ4v) is 5.79. The summed E-state index contributed by atoms with van der Waals surface area (Å²) < 4.78 is 230. The molecule has 10 N–H and O–H groups in total. The number of carboxylic acids is 2. The van der Waals surface area contributed by atoms with Crippen molar-refractivity contribution in [1.82, 2.24) is 9.80 Å². The minimum atomic E-state index is -5.37. The largest absolute Gasteiger partial charge is 0.490 e. The van der Waals surface area contributed by atoms with E-state index in [2.05, 4.69) is 9.98 Å². The Morgan fingerprint density at radius 1 is 0.507 bits per heavy atom. The second kappa shape index (κ2) is 22.4. The standard InChI is InChI=1S/C31H34F12N8O2.2C2HF3O2/c32-28(33,34)19-9-17(10-20(13-19)29(35,36)37)15-27(16-18-11-21(30(38,39)40)14-22(12-18)31(41,42)43)23(52)50(7-3-1-5-48-24(44)45)26(53)51(27)8-4-2-6-49-25(46)47;2*3-2(4,5)1(6)7/h9-14H,1-8,15-16H2,(H4,44,45,48)(H4,46,47,49);2*(H,6,7). The Hall–Kier alpha value is -6.40. The Bertz CT molecular complexity index is 1940. The highest BCUT2D eigenvalue weighted by Crippen LogP contribution is 2.42. The highest BCUT2D eigenvalue weighted by molar-refractivity contribution is 6.07. The molecule has 0 unspecified atom stereocenters. The molecule has 1 aliphatic rings. The van der Waals surface area contributed by atoms with Crippen LogP contribution in [0.15, 0.2) is 46.4 Å². The lowest BCUT2D eigenvalue weighted by Gasteiger charge is -2.36. The number of benzene rings is 2. The van der Waals surface area contributed by atoms with Crippen LogP contribution < -0.4 is 22.9 Å².